The highest BCUT2D eigenvalue weighted by Gasteiger charge is 2.06. The molecule has 0 aliphatic heterocycles. The number of nitro groups is 1. The molecule has 0 atom stereocenters. The molecule has 0 aliphatic rings. The quantitative estimate of drug-likeness (QED) is 0.650. The summed E-state index contributed by atoms with van der Waals surface area (Å²) >= 11 is 12.2. The molecule has 0 radical (unpaired) electrons. The Labute approximate surface area is 126 Å². The van der Waals surface area contributed by atoms with Crippen molar-refractivity contribution >= 4 is 34.6 Å². The number of anilines is 1. The first-order valence-electron chi connectivity index (χ1n) is 5.90. The molecule has 0 heterocycles. The summed E-state index contributed by atoms with van der Waals surface area (Å²) in [5.41, 5.74) is 2.65. The van der Waals surface area contributed by atoms with Crippen molar-refractivity contribution in [2.24, 2.45) is 0 Å². The maximum Gasteiger partial charge on any atom is 0.269 e. The molecule has 1 N–H and O–H groups in total. The minimum absolute atomic E-state index is 0.0742. The van der Waals surface area contributed by atoms with Crippen molar-refractivity contribution in [3.8, 4) is 0 Å². The van der Waals surface area contributed by atoms with E-state index >= 15 is 0 Å². The number of nitrogens with zero attached hydrogens (tertiary/aromatic N) is 1. The summed E-state index contributed by atoms with van der Waals surface area (Å²) in [4.78, 5) is 10.1. The van der Waals surface area contributed by atoms with Gasteiger partial charge in [0.1, 0.15) is 0 Å². The third-order valence-electron chi connectivity index (χ3n) is 2.88. The number of hydrogen-bond donors (Lipinski definition) is 1. The van der Waals surface area contributed by atoms with Crippen LogP contribution in [-0.4, -0.2) is 4.92 Å². The van der Waals surface area contributed by atoms with E-state index in [0.717, 1.165) is 16.8 Å². The van der Waals surface area contributed by atoms with Crippen molar-refractivity contribution in [1.29, 1.82) is 0 Å². The molecule has 0 amide bonds. The molecule has 104 valence electrons. The molecule has 2 aromatic rings. The van der Waals surface area contributed by atoms with Gasteiger partial charge in [-0.05, 0) is 30.2 Å². The number of hydrogen-bond acceptors (Lipinski definition) is 3. The molecule has 0 aliphatic carbocycles. The van der Waals surface area contributed by atoms with Crippen LogP contribution < -0.4 is 5.32 Å². The van der Waals surface area contributed by atoms with Crippen LogP contribution in [0.25, 0.3) is 0 Å². The first kappa shape index (κ1) is 14.6. The summed E-state index contributed by atoms with van der Waals surface area (Å²) in [7, 11) is 0. The van der Waals surface area contributed by atoms with Gasteiger partial charge in [0.2, 0.25) is 0 Å². The average molecular weight is 311 g/mol. The molecule has 0 saturated heterocycles. The van der Waals surface area contributed by atoms with Gasteiger partial charge >= 0.3 is 0 Å². The normalized spacial score (nSPS) is 10.3. The average Bonchev–Trinajstić information content (AvgIpc) is 2.42. The third-order valence-corrected chi connectivity index (χ3v) is 3.60. The number of nitro benzene ring substituents is 1. The lowest BCUT2D eigenvalue weighted by molar-refractivity contribution is -0.384. The van der Waals surface area contributed by atoms with Crippen molar-refractivity contribution in [3.63, 3.8) is 0 Å². The minimum atomic E-state index is -0.423. The Hall–Kier alpha value is -1.78. The molecule has 4 nitrogen and oxygen atoms in total. The molecule has 6 heteroatoms. The number of rotatable bonds is 4. The summed E-state index contributed by atoms with van der Waals surface area (Å²) in [5.74, 6) is 0. The van der Waals surface area contributed by atoms with Crippen LogP contribution >= 0.6 is 23.2 Å². The minimum Gasteiger partial charge on any atom is -0.380 e. The fraction of sp³-hybridized carbons (Fsp3) is 0.143. The Balaban J connectivity index is 2.09. The number of halogens is 2. The van der Waals surface area contributed by atoms with Gasteiger partial charge in [0, 0.05) is 23.7 Å². The van der Waals surface area contributed by atoms with E-state index in [4.69, 9.17) is 23.2 Å². The Kier molecular flexibility index (Phi) is 4.47. The van der Waals surface area contributed by atoms with Crippen LogP contribution in [0, 0.1) is 17.0 Å². The first-order valence-corrected chi connectivity index (χ1v) is 6.66. The van der Waals surface area contributed by atoms with Crippen LogP contribution in [0.3, 0.4) is 0 Å². The van der Waals surface area contributed by atoms with Gasteiger partial charge in [-0.25, -0.2) is 0 Å². The molecule has 0 fully saturated rings. The summed E-state index contributed by atoms with van der Waals surface area (Å²) in [6, 6.07) is 9.91. The van der Waals surface area contributed by atoms with E-state index in [1.807, 2.05) is 6.92 Å². The largest absolute Gasteiger partial charge is 0.380 e. The van der Waals surface area contributed by atoms with Crippen molar-refractivity contribution in [2.75, 3.05) is 5.32 Å². The zero-order chi connectivity index (χ0) is 14.7. The molecule has 0 unspecified atom stereocenters. The molecule has 2 aromatic carbocycles. The van der Waals surface area contributed by atoms with Gasteiger partial charge in [-0.2, -0.15) is 0 Å². The smallest absolute Gasteiger partial charge is 0.269 e. The maximum atomic E-state index is 10.6. The van der Waals surface area contributed by atoms with Crippen LogP contribution in [0.4, 0.5) is 11.4 Å². The zero-order valence-corrected chi connectivity index (χ0v) is 12.2. The van der Waals surface area contributed by atoms with Crippen molar-refractivity contribution < 1.29 is 4.92 Å². The van der Waals surface area contributed by atoms with Gasteiger partial charge in [-0.1, -0.05) is 35.3 Å². The van der Waals surface area contributed by atoms with E-state index in [9.17, 15) is 10.1 Å². The summed E-state index contributed by atoms with van der Waals surface area (Å²) in [6.45, 7) is 2.39. The van der Waals surface area contributed by atoms with E-state index < -0.39 is 4.92 Å². The lowest BCUT2D eigenvalue weighted by atomic mass is 10.2. The predicted octanol–water partition coefficient (Wildman–Crippen LogP) is 4.82. The number of benzene rings is 2. The standard InChI is InChI=1S/C14H12Cl2N2O2/c1-9-6-13(16)14(7-12(9)15)17-8-10-2-4-11(5-3-10)18(19)20/h2-7,17H,8H2,1H3. The fourth-order valence-corrected chi connectivity index (χ4v) is 2.16. The molecular formula is C14H12Cl2N2O2. The highest BCUT2D eigenvalue weighted by atomic mass is 35.5. The second-order valence-corrected chi connectivity index (χ2v) is 5.17. The molecule has 0 spiro atoms. The SMILES string of the molecule is Cc1cc(Cl)c(NCc2ccc([N+](=O)[O-])cc2)cc1Cl. The second-order valence-electron chi connectivity index (χ2n) is 4.36. The van der Waals surface area contributed by atoms with Gasteiger partial charge in [0.25, 0.3) is 5.69 Å². The molecule has 0 saturated carbocycles. The van der Waals surface area contributed by atoms with E-state index in [1.165, 1.54) is 12.1 Å². The van der Waals surface area contributed by atoms with Gasteiger partial charge in [0.15, 0.2) is 0 Å². The molecule has 2 rings (SSSR count). The second kappa shape index (κ2) is 6.11. The lowest BCUT2D eigenvalue weighted by Crippen LogP contribution is -2.00. The molecule has 20 heavy (non-hydrogen) atoms. The van der Waals surface area contributed by atoms with Gasteiger partial charge in [-0.15, -0.1) is 0 Å². The van der Waals surface area contributed by atoms with Crippen molar-refractivity contribution in [2.45, 2.75) is 13.5 Å². The van der Waals surface area contributed by atoms with Crippen LogP contribution in [0.15, 0.2) is 36.4 Å². The Bertz CT molecular complexity index is 642. The van der Waals surface area contributed by atoms with Gasteiger partial charge in [-0.3, -0.25) is 10.1 Å². The molecular weight excluding hydrogens is 299 g/mol. The van der Waals surface area contributed by atoms with Crippen LogP contribution in [0.1, 0.15) is 11.1 Å². The van der Waals surface area contributed by atoms with Crippen molar-refractivity contribution in [3.05, 3.63) is 67.7 Å². The van der Waals surface area contributed by atoms with Crippen LogP contribution in [0.2, 0.25) is 10.0 Å². The summed E-state index contributed by atoms with van der Waals surface area (Å²) in [6.07, 6.45) is 0. The third kappa shape index (κ3) is 3.40. The van der Waals surface area contributed by atoms with E-state index in [1.54, 1.807) is 24.3 Å². The van der Waals surface area contributed by atoms with Crippen LogP contribution in [-0.2, 0) is 6.54 Å². The highest BCUT2D eigenvalue weighted by molar-refractivity contribution is 6.35. The Morgan fingerprint density at radius 2 is 1.80 bits per heavy atom. The lowest BCUT2D eigenvalue weighted by Gasteiger charge is -2.10. The fourth-order valence-electron chi connectivity index (χ4n) is 1.71. The monoisotopic (exact) mass is 310 g/mol. The zero-order valence-electron chi connectivity index (χ0n) is 10.7. The number of aryl methyl sites for hydroxylation is 1. The molecule has 0 bridgehead atoms. The maximum absolute atomic E-state index is 10.6. The first-order chi connectivity index (χ1) is 9.47. The number of nitrogens with one attached hydrogen (secondary N) is 1. The van der Waals surface area contributed by atoms with Gasteiger partial charge in [0.05, 0.1) is 15.6 Å². The Morgan fingerprint density at radius 3 is 2.40 bits per heavy atom. The van der Waals surface area contributed by atoms with E-state index in [2.05, 4.69) is 5.32 Å². The molecule has 0 aromatic heterocycles. The van der Waals surface area contributed by atoms with Crippen LogP contribution in [0.5, 0.6) is 0 Å². The summed E-state index contributed by atoms with van der Waals surface area (Å²) < 4.78 is 0. The van der Waals surface area contributed by atoms with E-state index in [0.29, 0.717) is 16.6 Å². The summed E-state index contributed by atoms with van der Waals surface area (Å²) in [5, 5.41) is 15.0. The predicted molar refractivity (Wildman–Crippen MR) is 81.6 cm³/mol. The topological polar surface area (TPSA) is 55.2 Å². The van der Waals surface area contributed by atoms with E-state index in [-0.39, 0.29) is 5.69 Å². The Morgan fingerprint density at radius 1 is 1.15 bits per heavy atom. The van der Waals surface area contributed by atoms with Gasteiger partial charge < -0.3 is 5.32 Å². The highest BCUT2D eigenvalue weighted by Crippen LogP contribution is 2.29. The van der Waals surface area contributed by atoms with Crippen molar-refractivity contribution in [1.82, 2.24) is 0 Å². The number of non-ortho nitro benzene ring substituents is 1.